The van der Waals surface area contributed by atoms with Gasteiger partial charge in [-0.05, 0) is 31.2 Å². The second kappa shape index (κ2) is 6.44. The number of benzene rings is 1. The van der Waals surface area contributed by atoms with Gasteiger partial charge in [-0.1, -0.05) is 0 Å². The SMILES string of the molecule is COc1cc(C(N)=O)ccc1OCC=C(C)C(=O)O. The maximum Gasteiger partial charge on any atom is 0.331 e. The van der Waals surface area contributed by atoms with Crippen molar-refractivity contribution in [2.45, 2.75) is 6.92 Å². The second-order valence-electron chi connectivity index (χ2n) is 3.73. The molecule has 3 N–H and O–H groups in total. The van der Waals surface area contributed by atoms with Gasteiger partial charge < -0.3 is 20.3 Å². The Morgan fingerprint density at radius 3 is 2.58 bits per heavy atom. The lowest BCUT2D eigenvalue weighted by Gasteiger charge is -2.10. The third-order valence-electron chi connectivity index (χ3n) is 2.41. The minimum atomic E-state index is -1.00. The van der Waals surface area contributed by atoms with Crippen molar-refractivity contribution in [1.82, 2.24) is 0 Å². The van der Waals surface area contributed by atoms with E-state index in [0.29, 0.717) is 17.1 Å². The highest BCUT2D eigenvalue weighted by Gasteiger charge is 2.08. The highest BCUT2D eigenvalue weighted by atomic mass is 16.5. The predicted octanol–water partition coefficient (Wildman–Crippen LogP) is 1.20. The molecule has 102 valence electrons. The van der Waals surface area contributed by atoms with Gasteiger partial charge >= 0.3 is 5.97 Å². The van der Waals surface area contributed by atoms with Gasteiger partial charge in [-0.15, -0.1) is 0 Å². The van der Waals surface area contributed by atoms with Crippen LogP contribution in [0, 0.1) is 0 Å². The van der Waals surface area contributed by atoms with Gasteiger partial charge in [0, 0.05) is 11.1 Å². The number of hydrogen-bond acceptors (Lipinski definition) is 4. The monoisotopic (exact) mass is 265 g/mol. The molecule has 0 aliphatic rings. The summed E-state index contributed by atoms with van der Waals surface area (Å²) in [7, 11) is 1.44. The van der Waals surface area contributed by atoms with Gasteiger partial charge in [0.25, 0.3) is 0 Å². The van der Waals surface area contributed by atoms with E-state index in [1.807, 2.05) is 0 Å². The van der Waals surface area contributed by atoms with Crippen LogP contribution in [0.15, 0.2) is 29.8 Å². The molecule has 19 heavy (non-hydrogen) atoms. The molecule has 0 aliphatic carbocycles. The first-order chi connectivity index (χ1) is 8.95. The van der Waals surface area contributed by atoms with Gasteiger partial charge in [0.05, 0.1) is 7.11 Å². The topological polar surface area (TPSA) is 98.9 Å². The lowest BCUT2D eigenvalue weighted by Crippen LogP contribution is -2.11. The first-order valence-corrected chi connectivity index (χ1v) is 5.46. The quantitative estimate of drug-likeness (QED) is 0.753. The van der Waals surface area contributed by atoms with Crippen LogP contribution in [0.5, 0.6) is 11.5 Å². The molecule has 0 saturated carbocycles. The molecule has 0 aromatic heterocycles. The van der Waals surface area contributed by atoms with Crippen molar-refractivity contribution >= 4 is 11.9 Å². The third-order valence-corrected chi connectivity index (χ3v) is 2.41. The molecule has 0 atom stereocenters. The molecular formula is C13H15NO5. The van der Waals surface area contributed by atoms with E-state index >= 15 is 0 Å². The van der Waals surface area contributed by atoms with E-state index in [1.165, 1.54) is 32.2 Å². The summed E-state index contributed by atoms with van der Waals surface area (Å²) in [5.41, 5.74) is 5.65. The number of carbonyl (C=O) groups is 2. The summed E-state index contributed by atoms with van der Waals surface area (Å²) in [6.07, 6.45) is 1.43. The van der Waals surface area contributed by atoms with E-state index in [4.69, 9.17) is 20.3 Å². The predicted molar refractivity (Wildman–Crippen MR) is 68.4 cm³/mol. The van der Waals surface area contributed by atoms with Crippen LogP contribution in [0.2, 0.25) is 0 Å². The molecule has 0 aliphatic heterocycles. The zero-order valence-electron chi connectivity index (χ0n) is 10.7. The fourth-order valence-corrected chi connectivity index (χ4v) is 1.28. The van der Waals surface area contributed by atoms with Crippen molar-refractivity contribution < 1.29 is 24.2 Å². The van der Waals surface area contributed by atoms with Crippen LogP contribution in [0.4, 0.5) is 0 Å². The smallest absolute Gasteiger partial charge is 0.331 e. The minimum Gasteiger partial charge on any atom is -0.493 e. The number of amides is 1. The standard InChI is InChI=1S/C13H15NO5/c1-8(13(16)17)5-6-19-10-4-3-9(12(14)15)7-11(10)18-2/h3-5,7H,6H2,1-2H3,(H2,14,15)(H,16,17). The lowest BCUT2D eigenvalue weighted by atomic mass is 10.2. The first-order valence-electron chi connectivity index (χ1n) is 5.46. The average molecular weight is 265 g/mol. The van der Waals surface area contributed by atoms with Crippen molar-refractivity contribution in [3.05, 3.63) is 35.4 Å². The molecule has 0 radical (unpaired) electrons. The van der Waals surface area contributed by atoms with Gasteiger partial charge in [-0.3, -0.25) is 4.79 Å². The summed E-state index contributed by atoms with van der Waals surface area (Å²) in [5, 5.41) is 8.68. The Morgan fingerprint density at radius 2 is 2.05 bits per heavy atom. The number of methoxy groups -OCH3 is 1. The average Bonchev–Trinajstić information content (AvgIpc) is 2.38. The van der Waals surface area contributed by atoms with Crippen LogP contribution in [-0.2, 0) is 4.79 Å². The summed E-state index contributed by atoms with van der Waals surface area (Å²) in [4.78, 5) is 21.6. The van der Waals surface area contributed by atoms with Gasteiger partial charge in [0.1, 0.15) is 6.61 Å². The molecule has 0 bridgehead atoms. The summed E-state index contributed by atoms with van der Waals surface area (Å²) in [6.45, 7) is 1.56. The van der Waals surface area contributed by atoms with E-state index in [-0.39, 0.29) is 12.2 Å². The number of carboxylic acid groups (broad SMARTS) is 1. The summed E-state index contributed by atoms with van der Waals surface area (Å²) >= 11 is 0. The van der Waals surface area contributed by atoms with Crippen LogP contribution in [0.3, 0.4) is 0 Å². The molecule has 1 aromatic carbocycles. The van der Waals surface area contributed by atoms with Crippen molar-refractivity contribution in [2.75, 3.05) is 13.7 Å². The highest BCUT2D eigenvalue weighted by molar-refractivity contribution is 5.93. The fraction of sp³-hybridized carbons (Fsp3) is 0.231. The molecule has 0 fully saturated rings. The maximum atomic E-state index is 11.0. The number of ether oxygens (including phenoxy) is 2. The maximum absolute atomic E-state index is 11.0. The normalized spacial score (nSPS) is 10.9. The summed E-state index contributed by atoms with van der Waals surface area (Å²) in [6, 6.07) is 4.52. The molecule has 0 heterocycles. The van der Waals surface area contributed by atoms with Gasteiger partial charge in [-0.25, -0.2) is 4.79 Å². The number of carboxylic acids is 1. The highest BCUT2D eigenvalue weighted by Crippen LogP contribution is 2.27. The van der Waals surface area contributed by atoms with E-state index in [1.54, 1.807) is 6.07 Å². The largest absolute Gasteiger partial charge is 0.493 e. The van der Waals surface area contributed by atoms with E-state index in [2.05, 4.69) is 0 Å². The van der Waals surface area contributed by atoms with Crippen molar-refractivity contribution in [3.63, 3.8) is 0 Å². The Labute approximate surface area is 110 Å². The molecule has 0 spiro atoms. The van der Waals surface area contributed by atoms with E-state index in [9.17, 15) is 9.59 Å². The van der Waals surface area contributed by atoms with Crippen LogP contribution in [0.1, 0.15) is 17.3 Å². The Morgan fingerprint density at radius 1 is 1.37 bits per heavy atom. The first kappa shape index (κ1) is 14.6. The molecule has 6 heteroatoms. The number of aliphatic carboxylic acids is 1. The molecule has 0 unspecified atom stereocenters. The lowest BCUT2D eigenvalue weighted by molar-refractivity contribution is -0.132. The van der Waals surface area contributed by atoms with Gasteiger partial charge in [0.15, 0.2) is 11.5 Å². The summed E-state index contributed by atoms with van der Waals surface area (Å²) < 4.78 is 10.4. The van der Waals surface area contributed by atoms with Gasteiger partial charge in [-0.2, -0.15) is 0 Å². The minimum absolute atomic E-state index is 0.0877. The number of nitrogens with two attached hydrogens (primary N) is 1. The van der Waals surface area contributed by atoms with Crippen molar-refractivity contribution in [3.8, 4) is 11.5 Å². The number of rotatable bonds is 6. The molecular weight excluding hydrogens is 250 g/mol. The Hall–Kier alpha value is -2.50. The van der Waals surface area contributed by atoms with Crippen LogP contribution in [0.25, 0.3) is 0 Å². The van der Waals surface area contributed by atoms with E-state index < -0.39 is 11.9 Å². The van der Waals surface area contributed by atoms with Crippen molar-refractivity contribution in [1.29, 1.82) is 0 Å². The van der Waals surface area contributed by atoms with Crippen molar-refractivity contribution in [2.24, 2.45) is 5.73 Å². The van der Waals surface area contributed by atoms with Crippen LogP contribution < -0.4 is 15.2 Å². The number of hydrogen-bond donors (Lipinski definition) is 2. The molecule has 6 nitrogen and oxygen atoms in total. The molecule has 1 rings (SSSR count). The Balaban J connectivity index is 2.82. The van der Waals surface area contributed by atoms with Gasteiger partial charge in [0.2, 0.25) is 5.91 Å². The fourth-order valence-electron chi connectivity index (χ4n) is 1.28. The number of carbonyl (C=O) groups excluding carboxylic acids is 1. The zero-order chi connectivity index (χ0) is 14.4. The Kier molecular flexibility index (Phi) is 4.93. The van der Waals surface area contributed by atoms with Crippen LogP contribution in [-0.4, -0.2) is 30.7 Å². The Bertz CT molecular complexity index is 522. The molecule has 0 saturated heterocycles. The molecule has 1 amide bonds. The molecule has 1 aromatic rings. The third kappa shape index (κ3) is 4.02. The van der Waals surface area contributed by atoms with Crippen LogP contribution >= 0.6 is 0 Å². The number of primary amides is 1. The van der Waals surface area contributed by atoms with E-state index in [0.717, 1.165) is 0 Å². The second-order valence-corrected chi connectivity index (χ2v) is 3.73. The zero-order valence-corrected chi connectivity index (χ0v) is 10.7. The summed E-state index contributed by atoms with van der Waals surface area (Å²) in [5.74, 6) is -0.800.